The van der Waals surface area contributed by atoms with Crippen LogP contribution in [-0.2, 0) is 4.74 Å². The molecule has 1 aromatic rings. The summed E-state index contributed by atoms with van der Waals surface area (Å²) >= 11 is 0. The maximum Gasteiger partial charge on any atom is 0.412 e. The van der Waals surface area contributed by atoms with Crippen LogP contribution >= 0.6 is 0 Å². The van der Waals surface area contributed by atoms with Crippen molar-refractivity contribution >= 4 is 11.9 Å². The fourth-order valence-corrected chi connectivity index (χ4v) is 0.955. The summed E-state index contributed by atoms with van der Waals surface area (Å²) in [6, 6.07) is 0. The average molecular weight is 225 g/mol. The summed E-state index contributed by atoms with van der Waals surface area (Å²) in [4.78, 5) is 19.0. The van der Waals surface area contributed by atoms with Crippen molar-refractivity contribution in [3.05, 3.63) is 12.4 Å². The van der Waals surface area contributed by atoms with Crippen LogP contribution in [0.15, 0.2) is 12.4 Å². The Morgan fingerprint density at radius 2 is 2.19 bits per heavy atom. The van der Waals surface area contributed by atoms with E-state index < -0.39 is 6.09 Å². The molecule has 0 saturated carbocycles. The van der Waals surface area contributed by atoms with Gasteiger partial charge in [0.25, 0.3) is 0 Å². The molecule has 0 atom stereocenters. The molecule has 0 unspecified atom stereocenters. The zero-order valence-corrected chi connectivity index (χ0v) is 9.56. The van der Waals surface area contributed by atoms with E-state index in [2.05, 4.69) is 15.3 Å². The highest BCUT2D eigenvalue weighted by molar-refractivity contribution is 5.82. The van der Waals surface area contributed by atoms with E-state index in [4.69, 9.17) is 9.47 Å². The minimum absolute atomic E-state index is 0.0400. The lowest BCUT2D eigenvalue weighted by molar-refractivity contribution is 0.167. The van der Waals surface area contributed by atoms with E-state index in [-0.39, 0.29) is 6.10 Å². The van der Waals surface area contributed by atoms with E-state index >= 15 is 0 Å². The van der Waals surface area contributed by atoms with Crippen LogP contribution in [0, 0.1) is 0 Å². The van der Waals surface area contributed by atoms with Crippen LogP contribution < -0.4 is 10.1 Å². The first kappa shape index (κ1) is 12.2. The number of carbonyl (C=O) groups is 1. The summed E-state index contributed by atoms with van der Waals surface area (Å²) in [5.74, 6) is 0.749. The van der Waals surface area contributed by atoms with Gasteiger partial charge in [0.15, 0.2) is 5.82 Å². The van der Waals surface area contributed by atoms with Crippen molar-refractivity contribution in [3.8, 4) is 5.88 Å². The second-order valence-electron chi connectivity index (χ2n) is 3.25. The maximum atomic E-state index is 11.0. The van der Waals surface area contributed by atoms with Gasteiger partial charge in [-0.25, -0.2) is 14.8 Å². The highest BCUT2D eigenvalue weighted by atomic mass is 16.5. The molecule has 0 radical (unpaired) electrons. The third kappa shape index (κ3) is 4.12. The second-order valence-corrected chi connectivity index (χ2v) is 3.25. The topological polar surface area (TPSA) is 73.3 Å². The molecule has 6 heteroatoms. The van der Waals surface area contributed by atoms with Crippen molar-refractivity contribution in [1.29, 1.82) is 0 Å². The summed E-state index contributed by atoms with van der Waals surface area (Å²) in [6.45, 7) is 5.83. The number of ether oxygens (including phenoxy) is 2. The van der Waals surface area contributed by atoms with Gasteiger partial charge in [-0.1, -0.05) is 0 Å². The molecule has 0 aliphatic rings. The molecule has 0 saturated heterocycles. The van der Waals surface area contributed by atoms with E-state index in [1.807, 2.05) is 13.8 Å². The molecule has 1 N–H and O–H groups in total. The lowest BCUT2D eigenvalue weighted by atomic mass is 10.5. The number of rotatable bonds is 4. The third-order valence-corrected chi connectivity index (χ3v) is 1.49. The molecular formula is C10H15N3O3. The molecule has 88 valence electrons. The van der Waals surface area contributed by atoms with E-state index in [1.54, 1.807) is 6.92 Å². The van der Waals surface area contributed by atoms with Crippen LogP contribution in [0.3, 0.4) is 0 Å². The van der Waals surface area contributed by atoms with Gasteiger partial charge in [0.05, 0.1) is 25.1 Å². The van der Waals surface area contributed by atoms with Crippen LogP contribution in [0.4, 0.5) is 10.6 Å². The minimum atomic E-state index is -0.547. The molecule has 1 heterocycles. The van der Waals surface area contributed by atoms with Gasteiger partial charge in [-0.3, -0.25) is 5.32 Å². The second kappa shape index (κ2) is 5.89. The first-order chi connectivity index (χ1) is 7.61. The van der Waals surface area contributed by atoms with Crippen LogP contribution in [0.25, 0.3) is 0 Å². The quantitative estimate of drug-likeness (QED) is 0.846. The molecule has 0 spiro atoms. The normalized spacial score (nSPS) is 10.0. The number of amides is 1. The molecule has 1 amide bonds. The summed E-state index contributed by atoms with van der Waals surface area (Å²) in [5, 5.41) is 2.43. The minimum Gasteiger partial charge on any atom is -0.474 e. The zero-order chi connectivity index (χ0) is 12.0. The van der Waals surface area contributed by atoms with Crippen molar-refractivity contribution in [2.24, 2.45) is 0 Å². The zero-order valence-electron chi connectivity index (χ0n) is 9.56. The van der Waals surface area contributed by atoms with Gasteiger partial charge in [0, 0.05) is 0 Å². The molecule has 1 rings (SSSR count). The number of nitrogens with one attached hydrogen (secondary N) is 1. The Kier molecular flexibility index (Phi) is 4.50. The molecule has 0 aromatic carbocycles. The highest BCUT2D eigenvalue weighted by Crippen LogP contribution is 2.09. The molecule has 0 aliphatic heterocycles. The van der Waals surface area contributed by atoms with Gasteiger partial charge >= 0.3 is 6.09 Å². The molecule has 16 heavy (non-hydrogen) atoms. The predicted octanol–water partition coefficient (Wildman–Crippen LogP) is 1.83. The van der Waals surface area contributed by atoms with E-state index in [9.17, 15) is 4.79 Å². The van der Waals surface area contributed by atoms with Crippen molar-refractivity contribution in [3.63, 3.8) is 0 Å². The monoisotopic (exact) mass is 225 g/mol. The van der Waals surface area contributed by atoms with Crippen molar-refractivity contribution in [1.82, 2.24) is 9.97 Å². The predicted molar refractivity (Wildman–Crippen MR) is 58.4 cm³/mol. The third-order valence-electron chi connectivity index (χ3n) is 1.49. The molecule has 6 nitrogen and oxygen atoms in total. The van der Waals surface area contributed by atoms with Gasteiger partial charge in [-0.05, 0) is 20.8 Å². The maximum absolute atomic E-state index is 11.0. The standard InChI is InChI=1S/C10H15N3O3/c1-4-15-10(14)13-8-5-12-9(6-11-8)16-7(2)3/h5-7H,4H2,1-3H3,(H,11,13,14). The fourth-order valence-electron chi connectivity index (χ4n) is 0.955. The first-order valence-electron chi connectivity index (χ1n) is 5.04. The Morgan fingerprint density at radius 1 is 1.44 bits per heavy atom. The molecular weight excluding hydrogens is 210 g/mol. The van der Waals surface area contributed by atoms with Gasteiger partial charge in [0.1, 0.15) is 0 Å². The Bertz CT molecular complexity index is 338. The van der Waals surface area contributed by atoms with Crippen LogP contribution in [0.2, 0.25) is 0 Å². The molecule has 0 bridgehead atoms. The Morgan fingerprint density at radius 3 is 2.69 bits per heavy atom. The van der Waals surface area contributed by atoms with Gasteiger partial charge in [0.2, 0.25) is 5.88 Å². The van der Waals surface area contributed by atoms with E-state index in [0.717, 1.165) is 0 Å². The van der Waals surface area contributed by atoms with Crippen molar-refractivity contribution < 1.29 is 14.3 Å². The Balaban J connectivity index is 2.54. The van der Waals surface area contributed by atoms with Crippen molar-refractivity contribution in [2.75, 3.05) is 11.9 Å². The fraction of sp³-hybridized carbons (Fsp3) is 0.500. The molecule has 0 aliphatic carbocycles. The van der Waals surface area contributed by atoms with Crippen LogP contribution in [0.1, 0.15) is 20.8 Å². The number of nitrogens with zero attached hydrogens (tertiary/aromatic N) is 2. The number of hydrogen-bond acceptors (Lipinski definition) is 5. The lowest BCUT2D eigenvalue weighted by Gasteiger charge is -2.08. The highest BCUT2D eigenvalue weighted by Gasteiger charge is 2.04. The first-order valence-corrected chi connectivity index (χ1v) is 5.04. The Hall–Kier alpha value is -1.85. The number of carbonyl (C=O) groups excluding carboxylic acids is 1. The summed E-state index contributed by atoms with van der Waals surface area (Å²) in [5.41, 5.74) is 0. The summed E-state index contributed by atoms with van der Waals surface area (Å²) in [6.07, 6.45) is 2.35. The van der Waals surface area contributed by atoms with E-state index in [1.165, 1.54) is 12.4 Å². The van der Waals surface area contributed by atoms with Crippen LogP contribution in [0.5, 0.6) is 5.88 Å². The van der Waals surface area contributed by atoms with Gasteiger partial charge in [-0.2, -0.15) is 0 Å². The van der Waals surface area contributed by atoms with Crippen molar-refractivity contribution in [2.45, 2.75) is 26.9 Å². The number of anilines is 1. The molecule has 0 fully saturated rings. The SMILES string of the molecule is CCOC(=O)Nc1cnc(OC(C)C)cn1. The Labute approximate surface area is 94.0 Å². The molecule has 1 aromatic heterocycles. The van der Waals surface area contributed by atoms with Gasteiger partial charge in [-0.15, -0.1) is 0 Å². The summed E-state index contributed by atoms with van der Waals surface area (Å²) in [7, 11) is 0. The average Bonchev–Trinajstić information content (AvgIpc) is 2.20. The largest absolute Gasteiger partial charge is 0.474 e. The number of aromatic nitrogens is 2. The van der Waals surface area contributed by atoms with E-state index in [0.29, 0.717) is 18.3 Å². The lowest BCUT2D eigenvalue weighted by Crippen LogP contribution is -2.14. The summed E-state index contributed by atoms with van der Waals surface area (Å²) < 4.78 is 10.00. The number of hydrogen-bond donors (Lipinski definition) is 1. The van der Waals surface area contributed by atoms with Gasteiger partial charge < -0.3 is 9.47 Å². The van der Waals surface area contributed by atoms with Crippen LogP contribution in [-0.4, -0.2) is 28.8 Å². The smallest absolute Gasteiger partial charge is 0.412 e.